The maximum Gasteiger partial charge on any atom is 0.337 e. The summed E-state index contributed by atoms with van der Waals surface area (Å²) in [5.41, 5.74) is 0.101. The predicted molar refractivity (Wildman–Crippen MR) is 55.0 cm³/mol. The number of carboxylic acids is 2. The number of carboxylic acid groups (broad SMARTS) is 2. The van der Waals surface area contributed by atoms with Crippen molar-refractivity contribution in [2.24, 2.45) is 0 Å². The van der Waals surface area contributed by atoms with Gasteiger partial charge in [0.1, 0.15) is 5.82 Å². The van der Waals surface area contributed by atoms with Crippen LogP contribution in [0.4, 0.5) is 4.39 Å². The van der Waals surface area contributed by atoms with Crippen LogP contribution in [0.1, 0.15) is 23.7 Å². The molecule has 6 heteroatoms. The van der Waals surface area contributed by atoms with Crippen LogP contribution in [0.2, 0.25) is 0 Å². The Balaban J connectivity index is 2.93. The van der Waals surface area contributed by atoms with Gasteiger partial charge in [-0.2, -0.15) is 0 Å². The Hall–Kier alpha value is -1.95. The van der Waals surface area contributed by atoms with E-state index in [9.17, 15) is 19.1 Å². The minimum atomic E-state index is -1.74. The van der Waals surface area contributed by atoms with Crippen LogP contribution in [0.15, 0.2) is 18.2 Å². The molecule has 5 nitrogen and oxygen atoms in total. The van der Waals surface area contributed by atoms with Crippen LogP contribution in [0.3, 0.4) is 0 Å². The summed E-state index contributed by atoms with van der Waals surface area (Å²) >= 11 is 0. The summed E-state index contributed by atoms with van der Waals surface area (Å²) in [6.45, 7) is 0. The summed E-state index contributed by atoms with van der Waals surface area (Å²) in [7, 11) is 0. The molecule has 0 aromatic heterocycles. The molecule has 0 amide bonds. The smallest absolute Gasteiger partial charge is 0.337 e. The number of benzene rings is 1. The van der Waals surface area contributed by atoms with Gasteiger partial charge in [0.25, 0.3) is 0 Å². The Labute approximate surface area is 96.1 Å². The van der Waals surface area contributed by atoms with Gasteiger partial charge in [-0.3, -0.25) is 4.79 Å². The van der Waals surface area contributed by atoms with E-state index in [2.05, 4.69) is 0 Å². The third-order valence-corrected chi connectivity index (χ3v) is 2.23. The highest BCUT2D eigenvalue weighted by atomic mass is 19.1. The lowest BCUT2D eigenvalue weighted by Crippen LogP contribution is -2.11. The van der Waals surface area contributed by atoms with E-state index >= 15 is 0 Å². The summed E-state index contributed by atoms with van der Waals surface area (Å²) in [5.74, 6) is -3.14. The zero-order valence-electron chi connectivity index (χ0n) is 8.76. The first-order valence-electron chi connectivity index (χ1n) is 4.83. The van der Waals surface area contributed by atoms with Crippen molar-refractivity contribution in [1.82, 2.24) is 0 Å². The Kier molecular flexibility index (Phi) is 4.17. The van der Waals surface area contributed by atoms with Crippen LogP contribution >= 0.6 is 0 Å². The third-order valence-electron chi connectivity index (χ3n) is 2.23. The first-order valence-corrected chi connectivity index (χ1v) is 4.83. The number of hydrogen-bond acceptors (Lipinski definition) is 3. The lowest BCUT2D eigenvalue weighted by atomic mass is 10.0. The molecule has 0 fully saturated rings. The first-order chi connectivity index (χ1) is 7.91. The van der Waals surface area contributed by atoms with Crippen LogP contribution in [0.5, 0.6) is 0 Å². The zero-order valence-corrected chi connectivity index (χ0v) is 8.76. The van der Waals surface area contributed by atoms with E-state index in [1.165, 1.54) is 0 Å². The maximum absolute atomic E-state index is 13.3. The number of hydrogen-bond donors (Lipinski definition) is 3. The lowest BCUT2D eigenvalue weighted by Gasteiger charge is -2.08. The van der Waals surface area contributed by atoms with E-state index in [-0.39, 0.29) is 24.0 Å². The quantitative estimate of drug-likeness (QED) is 0.714. The second-order valence-corrected chi connectivity index (χ2v) is 3.49. The molecule has 0 aliphatic rings. The highest BCUT2D eigenvalue weighted by molar-refractivity contribution is 5.74. The number of aliphatic hydroxyl groups excluding tert-OH is 1. The topological polar surface area (TPSA) is 94.8 Å². The lowest BCUT2D eigenvalue weighted by molar-refractivity contribution is -0.147. The Bertz CT molecular complexity index is 443. The molecular weight excluding hydrogens is 231 g/mol. The summed E-state index contributed by atoms with van der Waals surface area (Å²) in [5, 5.41) is 26.3. The van der Waals surface area contributed by atoms with Crippen LogP contribution in [-0.4, -0.2) is 27.3 Å². The number of carbonyl (C=O) groups is 2. The average molecular weight is 242 g/mol. The highest BCUT2D eigenvalue weighted by Crippen LogP contribution is 2.18. The van der Waals surface area contributed by atoms with Gasteiger partial charge in [-0.25, -0.2) is 9.18 Å². The van der Waals surface area contributed by atoms with Crippen molar-refractivity contribution >= 4 is 11.9 Å². The van der Waals surface area contributed by atoms with E-state index in [4.69, 9.17) is 10.2 Å². The molecule has 0 heterocycles. The van der Waals surface area contributed by atoms with E-state index in [0.29, 0.717) is 0 Å². The third kappa shape index (κ3) is 3.53. The molecule has 3 N–H and O–H groups in total. The van der Waals surface area contributed by atoms with Gasteiger partial charge in [0.2, 0.25) is 0 Å². The average Bonchev–Trinajstić information content (AvgIpc) is 2.26. The largest absolute Gasteiger partial charge is 0.481 e. The van der Waals surface area contributed by atoms with Crippen molar-refractivity contribution in [3.63, 3.8) is 0 Å². The minimum absolute atomic E-state index is 0.0271. The van der Waals surface area contributed by atoms with Gasteiger partial charge in [-0.1, -0.05) is 6.07 Å². The molecule has 0 radical (unpaired) electrons. The number of aryl methyl sites for hydroxylation is 1. The molecule has 1 unspecified atom stereocenters. The van der Waals surface area contributed by atoms with E-state index in [1.54, 1.807) is 0 Å². The summed E-state index contributed by atoms with van der Waals surface area (Å²) in [6.07, 6.45) is -2.05. The molecule has 1 aromatic rings. The van der Waals surface area contributed by atoms with Crippen LogP contribution in [-0.2, 0) is 16.0 Å². The van der Waals surface area contributed by atoms with Crippen molar-refractivity contribution in [3.8, 4) is 0 Å². The monoisotopic (exact) mass is 242 g/mol. The minimum Gasteiger partial charge on any atom is -0.481 e. The normalized spacial score (nSPS) is 12.1. The fraction of sp³-hybridized carbons (Fsp3) is 0.273. The van der Waals surface area contributed by atoms with Crippen molar-refractivity contribution in [1.29, 1.82) is 0 Å². The van der Waals surface area contributed by atoms with Crippen molar-refractivity contribution < 1.29 is 29.3 Å². The molecule has 0 bridgehead atoms. The fourth-order valence-electron chi connectivity index (χ4n) is 1.34. The second kappa shape index (κ2) is 5.40. The molecule has 0 aliphatic heterocycles. The number of rotatable bonds is 5. The zero-order chi connectivity index (χ0) is 13.0. The van der Waals surface area contributed by atoms with Gasteiger partial charge in [0.05, 0.1) is 0 Å². The van der Waals surface area contributed by atoms with Gasteiger partial charge in [-0.05, 0) is 29.7 Å². The SMILES string of the molecule is O=C(O)CCc1cc(C(O)C(=O)O)ccc1F. The van der Waals surface area contributed by atoms with Crippen LogP contribution in [0.25, 0.3) is 0 Å². The molecule has 1 atom stereocenters. The molecule has 1 aromatic carbocycles. The van der Waals surface area contributed by atoms with Gasteiger partial charge >= 0.3 is 11.9 Å². The molecule has 0 saturated carbocycles. The highest BCUT2D eigenvalue weighted by Gasteiger charge is 2.17. The van der Waals surface area contributed by atoms with Crippen molar-refractivity contribution in [2.45, 2.75) is 18.9 Å². The Morgan fingerprint density at radius 1 is 1.29 bits per heavy atom. The summed E-state index contributed by atoms with van der Waals surface area (Å²) in [6, 6.07) is 3.33. The van der Waals surface area contributed by atoms with E-state index in [0.717, 1.165) is 18.2 Å². The number of halogens is 1. The first kappa shape index (κ1) is 13.1. The molecule has 1 rings (SSSR count). The molecule has 0 spiro atoms. The molecule has 0 aliphatic carbocycles. The molecule has 17 heavy (non-hydrogen) atoms. The fourth-order valence-corrected chi connectivity index (χ4v) is 1.34. The number of aliphatic hydroxyl groups is 1. The Morgan fingerprint density at radius 2 is 1.94 bits per heavy atom. The van der Waals surface area contributed by atoms with Gasteiger partial charge in [-0.15, -0.1) is 0 Å². The van der Waals surface area contributed by atoms with Gasteiger partial charge < -0.3 is 15.3 Å². The van der Waals surface area contributed by atoms with Gasteiger partial charge in [0.15, 0.2) is 6.10 Å². The van der Waals surface area contributed by atoms with Gasteiger partial charge in [0, 0.05) is 6.42 Å². The summed E-state index contributed by atoms with van der Waals surface area (Å²) in [4.78, 5) is 20.9. The Morgan fingerprint density at radius 3 is 2.47 bits per heavy atom. The van der Waals surface area contributed by atoms with E-state index < -0.39 is 23.9 Å². The molecular formula is C11H11FO5. The second-order valence-electron chi connectivity index (χ2n) is 3.49. The van der Waals surface area contributed by atoms with E-state index in [1.807, 2.05) is 0 Å². The van der Waals surface area contributed by atoms with Crippen LogP contribution in [0, 0.1) is 5.82 Å². The summed E-state index contributed by atoms with van der Waals surface area (Å²) < 4.78 is 13.3. The molecule has 92 valence electrons. The van der Waals surface area contributed by atoms with Crippen molar-refractivity contribution in [3.05, 3.63) is 35.1 Å². The number of aliphatic carboxylic acids is 2. The van der Waals surface area contributed by atoms with Crippen LogP contribution < -0.4 is 0 Å². The van der Waals surface area contributed by atoms with Crippen molar-refractivity contribution in [2.75, 3.05) is 0 Å². The maximum atomic E-state index is 13.3. The standard InChI is InChI=1S/C11H11FO5/c12-8-3-1-7(10(15)11(16)17)5-6(8)2-4-9(13)14/h1,3,5,10,15H,2,4H2,(H,13,14)(H,16,17). The molecule has 0 saturated heterocycles. The predicted octanol–water partition coefficient (Wildman–Crippen LogP) is 0.961.